The van der Waals surface area contributed by atoms with Crippen molar-refractivity contribution < 1.29 is 0 Å². The van der Waals surface area contributed by atoms with Crippen molar-refractivity contribution in [2.24, 2.45) is 0 Å². The number of hydrogen-bond donors (Lipinski definition) is 2. The van der Waals surface area contributed by atoms with Crippen molar-refractivity contribution in [2.75, 3.05) is 11.9 Å². The van der Waals surface area contributed by atoms with Crippen LogP contribution in [0.4, 0.5) is 5.69 Å². The summed E-state index contributed by atoms with van der Waals surface area (Å²) in [5.74, 6) is 0. The normalized spacial score (nSPS) is 10.6. The summed E-state index contributed by atoms with van der Waals surface area (Å²) in [6.45, 7) is 3.22. The lowest BCUT2D eigenvalue weighted by Gasteiger charge is -2.02. The highest BCUT2D eigenvalue weighted by Gasteiger charge is 2.01. The molecule has 0 amide bonds. The van der Waals surface area contributed by atoms with E-state index in [1.54, 1.807) is 0 Å². The molecule has 0 aliphatic carbocycles. The van der Waals surface area contributed by atoms with Crippen LogP contribution < -0.4 is 5.32 Å². The largest absolute Gasteiger partial charge is 0.383 e. The number of para-hydroxylation sites is 1. The summed E-state index contributed by atoms with van der Waals surface area (Å²) < 4.78 is 0. The van der Waals surface area contributed by atoms with Gasteiger partial charge in [0.05, 0.1) is 11.9 Å². The number of aromatic amines is 1. The zero-order chi connectivity index (χ0) is 9.80. The van der Waals surface area contributed by atoms with Gasteiger partial charge in [0.2, 0.25) is 0 Å². The highest BCUT2D eigenvalue weighted by atomic mass is 14.9. The van der Waals surface area contributed by atoms with Crippen LogP contribution in [0, 0.1) is 6.20 Å². The third kappa shape index (κ3) is 1.74. The average molecular weight is 187 g/mol. The number of anilines is 1. The molecule has 0 bridgehead atoms. The quantitative estimate of drug-likeness (QED) is 0.707. The van der Waals surface area contributed by atoms with E-state index in [1.807, 2.05) is 6.07 Å². The van der Waals surface area contributed by atoms with Crippen molar-refractivity contribution in [1.82, 2.24) is 4.98 Å². The molecular formula is C12H15N2. The molecule has 0 saturated heterocycles. The second kappa shape index (κ2) is 4.18. The molecule has 0 fully saturated rings. The Labute approximate surface area is 84.3 Å². The molecule has 0 spiro atoms. The molecule has 73 valence electrons. The minimum atomic E-state index is 1.02. The minimum Gasteiger partial charge on any atom is -0.383 e. The van der Waals surface area contributed by atoms with Gasteiger partial charge >= 0.3 is 0 Å². The molecule has 0 atom stereocenters. The number of fused-ring (bicyclic) bond motifs is 1. The fourth-order valence-electron chi connectivity index (χ4n) is 1.54. The fraction of sp³-hybridized carbons (Fsp3) is 0.333. The van der Waals surface area contributed by atoms with E-state index in [4.69, 9.17) is 0 Å². The third-order valence-electron chi connectivity index (χ3n) is 2.35. The van der Waals surface area contributed by atoms with Crippen LogP contribution in [0.15, 0.2) is 24.3 Å². The first kappa shape index (κ1) is 9.13. The molecule has 2 N–H and O–H groups in total. The van der Waals surface area contributed by atoms with Crippen LogP contribution >= 0.6 is 0 Å². The number of aromatic nitrogens is 1. The second-order valence-corrected chi connectivity index (χ2v) is 3.45. The van der Waals surface area contributed by atoms with E-state index >= 15 is 0 Å². The van der Waals surface area contributed by atoms with E-state index in [1.165, 1.54) is 18.2 Å². The number of benzene rings is 1. The topological polar surface area (TPSA) is 27.8 Å². The summed E-state index contributed by atoms with van der Waals surface area (Å²) in [7, 11) is 0. The smallest absolute Gasteiger partial charge is 0.0888 e. The molecule has 0 aliphatic rings. The zero-order valence-corrected chi connectivity index (χ0v) is 8.43. The van der Waals surface area contributed by atoms with Crippen molar-refractivity contribution in [3.8, 4) is 0 Å². The summed E-state index contributed by atoms with van der Waals surface area (Å²) in [6.07, 6.45) is 5.56. The summed E-state index contributed by atoms with van der Waals surface area (Å²) >= 11 is 0. The van der Waals surface area contributed by atoms with Gasteiger partial charge in [0.25, 0.3) is 0 Å². The Hall–Kier alpha value is -1.44. The van der Waals surface area contributed by atoms with Crippen molar-refractivity contribution in [3.05, 3.63) is 30.5 Å². The van der Waals surface area contributed by atoms with Gasteiger partial charge < -0.3 is 10.3 Å². The van der Waals surface area contributed by atoms with Crippen LogP contribution in [-0.2, 0) is 0 Å². The van der Waals surface area contributed by atoms with Crippen LogP contribution in [0.1, 0.15) is 19.8 Å². The van der Waals surface area contributed by atoms with Gasteiger partial charge in [0.15, 0.2) is 0 Å². The fourth-order valence-corrected chi connectivity index (χ4v) is 1.54. The maximum atomic E-state index is 3.38. The minimum absolute atomic E-state index is 1.02. The highest BCUT2D eigenvalue weighted by molar-refractivity contribution is 5.91. The van der Waals surface area contributed by atoms with Gasteiger partial charge in [0.1, 0.15) is 0 Å². The molecule has 0 aliphatic heterocycles. The van der Waals surface area contributed by atoms with E-state index < -0.39 is 0 Å². The van der Waals surface area contributed by atoms with Crippen LogP contribution in [0.3, 0.4) is 0 Å². The first-order valence-electron chi connectivity index (χ1n) is 5.14. The Morgan fingerprint density at radius 1 is 1.36 bits per heavy atom. The van der Waals surface area contributed by atoms with Gasteiger partial charge in [-0.05, 0) is 12.5 Å². The van der Waals surface area contributed by atoms with E-state index in [0.29, 0.717) is 0 Å². The van der Waals surface area contributed by atoms with Gasteiger partial charge in [-0.3, -0.25) is 0 Å². The van der Waals surface area contributed by atoms with Crippen molar-refractivity contribution in [1.29, 1.82) is 0 Å². The summed E-state index contributed by atoms with van der Waals surface area (Å²) in [5, 5.41) is 4.61. The number of rotatable bonds is 4. The molecule has 2 aromatic rings. The first-order chi connectivity index (χ1) is 6.92. The summed E-state index contributed by atoms with van der Waals surface area (Å²) in [5.41, 5.74) is 2.24. The van der Waals surface area contributed by atoms with Gasteiger partial charge in [0, 0.05) is 17.4 Å². The number of unbranched alkanes of at least 4 members (excludes halogenated alkanes) is 1. The van der Waals surface area contributed by atoms with Crippen molar-refractivity contribution in [3.63, 3.8) is 0 Å². The predicted molar refractivity (Wildman–Crippen MR) is 60.5 cm³/mol. The predicted octanol–water partition coefficient (Wildman–Crippen LogP) is 3.18. The monoisotopic (exact) mass is 187 g/mol. The third-order valence-corrected chi connectivity index (χ3v) is 2.35. The maximum Gasteiger partial charge on any atom is 0.0888 e. The molecule has 1 aromatic heterocycles. The lowest BCUT2D eigenvalue weighted by atomic mass is 10.2. The van der Waals surface area contributed by atoms with E-state index in [2.05, 4.69) is 41.6 Å². The molecule has 14 heavy (non-hydrogen) atoms. The van der Waals surface area contributed by atoms with Crippen LogP contribution in [0.2, 0.25) is 0 Å². The molecule has 2 heteroatoms. The standard InChI is InChI=1S/C12H15N2/c1-2-3-8-13-12-9-14-11-7-5-4-6-10(11)12/h4-7,13-14H,2-3,8H2,1H3. The van der Waals surface area contributed by atoms with Crippen LogP contribution in [-0.4, -0.2) is 11.5 Å². The van der Waals surface area contributed by atoms with Crippen molar-refractivity contribution in [2.45, 2.75) is 19.8 Å². The molecule has 1 radical (unpaired) electrons. The maximum absolute atomic E-state index is 3.38. The Balaban J connectivity index is 2.17. The Morgan fingerprint density at radius 2 is 2.21 bits per heavy atom. The molecule has 2 rings (SSSR count). The molecule has 1 aromatic carbocycles. The molecule has 0 saturated carbocycles. The molecular weight excluding hydrogens is 172 g/mol. The van der Waals surface area contributed by atoms with Crippen LogP contribution in [0.5, 0.6) is 0 Å². The van der Waals surface area contributed by atoms with Gasteiger partial charge in [-0.1, -0.05) is 31.5 Å². The Morgan fingerprint density at radius 3 is 3.07 bits per heavy atom. The lowest BCUT2D eigenvalue weighted by Crippen LogP contribution is -1.99. The first-order valence-corrected chi connectivity index (χ1v) is 5.14. The molecule has 2 nitrogen and oxygen atoms in total. The number of H-pyrrole nitrogens is 1. The van der Waals surface area contributed by atoms with Gasteiger partial charge in [-0.2, -0.15) is 0 Å². The van der Waals surface area contributed by atoms with Crippen molar-refractivity contribution >= 4 is 16.6 Å². The van der Waals surface area contributed by atoms with E-state index in [-0.39, 0.29) is 0 Å². The second-order valence-electron chi connectivity index (χ2n) is 3.45. The Kier molecular flexibility index (Phi) is 2.73. The van der Waals surface area contributed by atoms with E-state index in [0.717, 1.165) is 17.7 Å². The lowest BCUT2D eigenvalue weighted by molar-refractivity contribution is 0.835. The number of nitrogens with one attached hydrogen (secondary N) is 2. The summed E-state index contributed by atoms with van der Waals surface area (Å²) in [6, 6.07) is 8.25. The van der Waals surface area contributed by atoms with Gasteiger partial charge in [-0.25, -0.2) is 0 Å². The van der Waals surface area contributed by atoms with E-state index in [9.17, 15) is 0 Å². The highest BCUT2D eigenvalue weighted by Crippen LogP contribution is 2.21. The van der Waals surface area contributed by atoms with Gasteiger partial charge in [-0.15, -0.1) is 0 Å². The molecule has 1 heterocycles. The molecule has 0 unspecified atom stereocenters. The average Bonchev–Trinajstić information content (AvgIpc) is 2.63. The zero-order valence-electron chi connectivity index (χ0n) is 8.43. The number of hydrogen-bond acceptors (Lipinski definition) is 1. The SMILES string of the molecule is CCCCNc1[c][nH]c2ccccc12. The Bertz CT molecular complexity index is 403. The summed E-state index contributed by atoms with van der Waals surface area (Å²) in [4.78, 5) is 3.13. The van der Waals surface area contributed by atoms with Crippen LogP contribution in [0.25, 0.3) is 10.9 Å².